The molecule has 0 spiro atoms. The minimum atomic E-state index is -3.84. The van der Waals surface area contributed by atoms with Crippen molar-refractivity contribution in [1.82, 2.24) is 10.2 Å². The van der Waals surface area contributed by atoms with Gasteiger partial charge in [0.05, 0.1) is 24.2 Å². The molecule has 0 saturated carbocycles. The number of benzene rings is 2. The maximum Gasteiger partial charge on any atom is 0.261 e. The van der Waals surface area contributed by atoms with E-state index in [1.54, 1.807) is 42.5 Å². The molecule has 0 aliphatic carbocycles. The number of aryl methyl sites for hydroxylation is 2. The molecule has 2 heterocycles. The van der Waals surface area contributed by atoms with E-state index in [9.17, 15) is 13.2 Å². The molecule has 9 heteroatoms. The largest absolute Gasteiger partial charge is 0.379 e. The summed E-state index contributed by atoms with van der Waals surface area (Å²) in [6, 6.07) is 15.9. The summed E-state index contributed by atoms with van der Waals surface area (Å²) in [6.45, 7) is 7.07. The summed E-state index contributed by atoms with van der Waals surface area (Å²) >= 11 is 1.66. The summed E-state index contributed by atoms with van der Waals surface area (Å²) < 4.78 is 34.0. The number of thiophene rings is 1. The minimum Gasteiger partial charge on any atom is -0.379 e. The molecule has 0 unspecified atom stereocenters. The Balaban J connectivity index is 1.51. The number of rotatable bonds is 8. The van der Waals surface area contributed by atoms with E-state index in [1.165, 1.54) is 17.0 Å². The molecule has 7 nitrogen and oxygen atoms in total. The van der Waals surface area contributed by atoms with E-state index in [1.807, 2.05) is 24.4 Å². The summed E-state index contributed by atoms with van der Waals surface area (Å²) in [5.74, 6) is -0.292. The number of carbonyl (C=O) groups is 1. The van der Waals surface area contributed by atoms with Gasteiger partial charge in [0.1, 0.15) is 0 Å². The molecule has 1 aromatic heterocycles. The quantitative estimate of drug-likeness (QED) is 0.490. The predicted octanol–water partition coefficient (Wildman–Crippen LogP) is 3.97. The molecule has 0 radical (unpaired) electrons. The van der Waals surface area contributed by atoms with Crippen molar-refractivity contribution in [3.05, 3.63) is 81.5 Å². The molecule has 1 atom stereocenters. The summed E-state index contributed by atoms with van der Waals surface area (Å²) in [4.78, 5) is 16.7. The highest BCUT2D eigenvalue weighted by Crippen LogP contribution is 2.26. The van der Waals surface area contributed by atoms with Gasteiger partial charge in [-0.25, -0.2) is 8.42 Å². The van der Waals surface area contributed by atoms with Gasteiger partial charge in [-0.3, -0.25) is 14.4 Å². The fourth-order valence-electron chi connectivity index (χ4n) is 4.00. The van der Waals surface area contributed by atoms with Crippen molar-refractivity contribution < 1.29 is 17.9 Å². The summed E-state index contributed by atoms with van der Waals surface area (Å²) in [6.07, 6.45) is 0. The van der Waals surface area contributed by atoms with E-state index in [0.717, 1.165) is 18.7 Å². The Kier molecular flexibility index (Phi) is 7.67. The van der Waals surface area contributed by atoms with Crippen LogP contribution in [0.4, 0.5) is 5.69 Å². The Hall–Kier alpha value is -2.72. The van der Waals surface area contributed by atoms with Crippen LogP contribution in [0.15, 0.2) is 64.9 Å². The van der Waals surface area contributed by atoms with Crippen LogP contribution in [0, 0.1) is 13.8 Å². The van der Waals surface area contributed by atoms with Gasteiger partial charge >= 0.3 is 0 Å². The van der Waals surface area contributed by atoms with Gasteiger partial charge < -0.3 is 10.1 Å². The van der Waals surface area contributed by atoms with Crippen molar-refractivity contribution in [1.29, 1.82) is 0 Å². The third-order valence-corrected chi connectivity index (χ3v) is 8.20. The molecule has 3 aromatic rings. The number of sulfonamides is 1. The van der Waals surface area contributed by atoms with Crippen LogP contribution in [0.25, 0.3) is 0 Å². The molecule has 1 aliphatic heterocycles. The molecule has 1 amide bonds. The van der Waals surface area contributed by atoms with Crippen molar-refractivity contribution in [2.45, 2.75) is 24.8 Å². The lowest BCUT2D eigenvalue weighted by molar-refractivity contribution is 0.0169. The highest BCUT2D eigenvalue weighted by molar-refractivity contribution is 7.92. The van der Waals surface area contributed by atoms with Crippen LogP contribution in [0.3, 0.4) is 0 Å². The lowest BCUT2D eigenvalue weighted by Gasteiger charge is -2.34. The van der Waals surface area contributed by atoms with Crippen LogP contribution in [0.1, 0.15) is 32.4 Å². The molecule has 1 aliphatic rings. The second-order valence-electron chi connectivity index (χ2n) is 8.34. The molecule has 1 saturated heterocycles. The molecular formula is C25H29N3O4S2. The minimum absolute atomic E-state index is 0.0445. The van der Waals surface area contributed by atoms with E-state index in [4.69, 9.17) is 4.74 Å². The van der Waals surface area contributed by atoms with Gasteiger partial charge in [0.2, 0.25) is 0 Å². The average molecular weight is 500 g/mol. The van der Waals surface area contributed by atoms with E-state index >= 15 is 0 Å². The fraction of sp³-hybridized carbons (Fsp3) is 0.320. The highest BCUT2D eigenvalue weighted by atomic mass is 32.2. The number of hydrogen-bond donors (Lipinski definition) is 2. The smallest absolute Gasteiger partial charge is 0.261 e. The molecule has 4 rings (SSSR count). The van der Waals surface area contributed by atoms with Crippen LogP contribution in [-0.4, -0.2) is 52.1 Å². The van der Waals surface area contributed by atoms with Gasteiger partial charge in [0, 0.05) is 35.8 Å². The normalized spacial score (nSPS) is 15.6. The number of nitrogens with one attached hydrogen (secondary N) is 2. The molecule has 2 aromatic carbocycles. The SMILES string of the molecule is Cc1cccc(NS(=O)(=O)c2ccc(C)c(C(=O)NC[C@@H](c3cccs3)N3CCOCC3)c2)c1. The first-order valence-corrected chi connectivity index (χ1v) is 13.5. The second kappa shape index (κ2) is 10.7. The first-order valence-electron chi connectivity index (χ1n) is 11.2. The highest BCUT2D eigenvalue weighted by Gasteiger charge is 2.25. The molecular weight excluding hydrogens is 470 g/mol. The number of amides is 1. The lowest BCUT2D eigenvalue weighted by atomic mass is 10.1. The molecule has 1 fully saturated rings. The number of morpholine rings is 1. The monoisotopic (exact) mass is 499 g/mol. The summed E-state index contributed by atoms with van der Waals surface area (Å²) in [5, 5.41) is 5.06. The summed E-state index contributed by atoms with van der Waals surface area (Å²) in [7, 11) is -3.84. The van der Waals surface area contributed by atoms with E-state index < -0.39 is 10.0 Å². The van der Waals surface area contributed by atoms with Crippen molar-refractivity contribution in [2.75, 3.05) is 37.6 Å². The van der Waals surface area contributed by atoms with Crippen LogP contribution >= 0.6 is 11.3 Å². The third-order valence-electron chi connectivity index (χ3n) is 5.85. The maximum atomic E-state index is 13.1. The zero-order valence-corrected chi connectivity index (χ0v) is 20.9. The van der Waals surface area contributed by atoms with Gasteiger partial charge in [0.25, 0.3) is 15.9 Å². The second-order valence-corrected chi connectivity index (χ2v) is 11.0. The fourth-order valence-corrected chi connectivity index (χ4v) is 5.94. The van der Waals surface area contributed by atoms with Gasteiger partial charge in [-0.1, -0.05) is 24.3 Å². The number of ether oxygens (including phenoxy) is 1. The Bertz CT molecular complexity index is 1240. The summed E-state index contributed by atoms with van der Waals surface area (Å²) in [5.41, 5.74) is 2.49. The molecule has 0 bridgehead atoms. The topological polar surface area (TPSA) is 87.7 Å². The third kappa shape index (κ3) is 5.85. The zero-order valence-electron chi connectivity index (χ0n) is 19.3. The predicted molar refractivity (Wildman–Crippen MR) is 135 cm³/mol. The Labute approximate surface area is 204 Å². The molecule has 180 valence electrons. The standard InChI is InChI=1S/C25H29N3O4S2/c1-18-5-3-6-20(15-18)27-34(30,31)21-9-8-19(2)22(16-21)25(29)26-17-23(24-7-4-14-33-24)28-10-12-32-13-11-28/h3-9,14-16,23,27H,10-13,17H2,1-2H3,(H,26,29)/t23-/m0/s1. The van der Waals surface area contributed by atoms with Gasteiger partial charge in [0.15, 0.2) is 0 Å². The van der Waals surface area contributed by atoms with Crippen molar-refractivity contribution in [2.24, 2.45) is 0 Å². The maximum absolute atomic E-state index is 13.1. The van der Waals surface area contributed by atoms with E-state index in [0.29, 0.717) is 36.6 Å². The van der Waals surface area contributed by atoms with Gasteiger partial charge in [-0.2, -0.15) is 0 Å². The van der Waals surface area contributed by atoms with Crippen LogP contribution < -0.4 is 10.0 Å². The van der Waals surface area contributed by atoms with Gasteiger partial charge in [-0.15, -0.1) is 11.3 Å². The number of hydrogen-bond acceptors (Lipinski definition) is 6. The molecule has 2 N–H and O–H groups in total. The first-order chi connectivity index (χ1) is 16.3. The van der Waals surface area contributed by atoms with E-state index in [2.05, 4.69) is 21.0 Å². The Morgan fingerprint density at radius 1 is 1.09 bits per heavy atom. The van der Waals surface area contributed by atoms with Crippen molar-refractivity contribution in [3.8, 4) is 0 Å². The average Bonchev–Trinajstić information content (AvgIpc) is 3.34. The van der Waals surface area contributed by atoms with Crippen LogP contribution in [0.2, 0.25) is 0 Å². The lowest BCUT2D eigenvalue weighted by Crippen LogP contribution is -2.43. The Morgan fingerprint density at radius 3 is 2.59 bits per heavy atom. The van der Waals surface area contributed by atoms with Crippen molar-refractivity contribution in [3.63, 3.8) is 0 Å². The van der Waals surface area contributed by atoms with Crippen molar-refractivity contribution >= 4 is 33.0 Å². The number of nitrogens with zero attached hydrogens (tertiary/aromatic N) is 1. The number of anilines is 1. The van der Waals surface area contributed by atoms with E-state index in [-0.39, 0.29) is 16.8 Å². The first kappa shape index (κ1) is 24.4. The van der Waals surface area contributed by atoms with Gasteiger partial charge in [-0.05, 0) is 60.7 Å². The molecule has 34 heavy (non-hydrogen) atoms. The zero-order chi connectivity index (χ0) is 24.1. The number of carbonyl (C=O) groups excluding carboxylic acids is 1. The Morgan fingerprint density at radius 2 is 1.88 bits per heavy atom. The van der Waals surface area contributed by atoms with Crippen LogP contribution in [0.5, 0.6) is 0 Å². The van der Waals surface area contributed by atoms with Crippen LogP contribution in [-0.2, 0) is 14.8 Å².